The van der Waals surface area contributed by atoms with E-state index in [0.717, 1.165) is 0 Å². The molecule has 0 unspecified atom stereocenters. The van der Waals surface area contributed by atoms with Gasteiger partial charge in [-0.2, -0.15) is 31.3 Å². The van der Waals surface area contributed by atoms with E-state index < -0.39 is 49.7 Å². The number of anilines is 4. The van der Waals surface area contributed by atoms with Gasteiger partial charge in [0.1, 0.15) is 17.2 Å². The van der Waals surface area contributed by atoms with Crippen LogP contribution in [0.5, 0.6) is 0 Å². The van der Waals surface area contributed by atoms with Crippen LogP contribution in [0.15, 0.2) is 48.8 Å². The Hall–Kier alpha value is -3.71. The number of halogens is 6. The molecule has 3 rings (SSSR count). The number of nitrogens with zero attached hydrogens (tertiary/aromatic N) is 3. The van der Waals surface area contributed by atoms with E-state index in [2.05, 4.69) is 30.3 Å². The zero-order chi connectivity index (χ0) is 29.8. The summed E-state index contributed by atoms with van der Waals surface area (Å²) in [5.74, 6) is -1.34. The van der Waals surface area contributed by atoms with Crippen molar-refractivity contribution in [3.8, 4) is 0 Å². The number of rotatable bonds is 11. The lowest BCUT2D eigenvalue weighted by molar-refractivity contribution is -0.137. The van der Waals surface area contributed by atoms with Crippen molar-refractivity contribution in [3.05, 3.63) is 65.5 Å². The van der Waals surface area contributed by atoms with Gasteiger partial charge in [0.2, 0.25) is 16.0 Å². The molecule has 0 saturated carbocycles. The normalized spacial score (nSPS) is 12.7. The maximum Gasteiger partial charge on any atom is 0.511 e. The summed E-state index contributed by atoms with van der Waals surface area (Å²) >= 11 is 0. The van der Waals surface area contributed by atoms with Gasteiger partial charge in [-0.1, -0.05) is 18.2 Å². The average Bonchev–Trinajstić information content (AvgIpc) is 2.86. The van der Waals surface area contributed by atoms with Crippen molar-refractivity contribution in [2.75, 3.05) is 21.1 Å². The fourth-order valence-corrected chi connectivity index (χ4v) is 4.15. The van der Waals surface area contributed by atoms with Crippen molar-refractivity contribution in [1.29, 1.82) is 0 Å². The predicted molar refractivity (Wildman–Crippen MR) is 133 cm³/mol. The lowest BCUT2D eigenvalue weighted by atomic mass is 10.2. The van der Waals surface area contributed by atoms with Crippen molar-refractivity contribution in [2.24, 2.45) is 0 Å². The van der Waals surface area contributed by atoms with Crippen molar-refractivity contribution in [2.45, 2.75) is 31.7 Å². The summed E-state index contributed by atoms with van der Waals surface area (Å²) in [6.45, 7) is 0.363. The molecule has 0 aliphatic heterocycles. The molecule has 19 heteroatoms. The number of pyridine rings is 1. The van der Waals surface area contributed by atoms with E-state index in [1.807, 2.05) is 0 Å². The second-order valence-electron chi connectivity index (χ2n) is 7.92. The van der Waals surface area contributed by atoms with E-state index in [-0.39, 0.29) is 40.9 Å². The molecular weight excluding hydrogens is 592 g/mol. The van der Waals surface area contributed by atoms with Gasteiger partial charge in [-0.15, -0.1) is 0 Å². The predicted octanol–water partition coefficient (Wildman–Crippen LogP) is 3.95. The molecule has 0 radical (unpaired) electrons. The first-order chi connectivity index (χ1) is 18.5. The Morgan fingerprint density at radius 1 is 0.900 bits per heavy atom. The van der Waals surface area contributed by atoms with Gasteiger partial charge in [-0.3, -0.25) is 4.72 Å². The Morgan fingerprint density at radius 3 is 2.27 bits per heavy atom. The maximum atomic E-state index is 13.6. The zero-order valence-corrected chi connectivity index (χ0v) is 21.9. The molecule has 0 aliphatic rings. The molecule has 0 saturated heterocycles. The summed E-state index contributed by atoms with van der Waals surface area (Å²) in [6, 6.07) is 8.24. The molecule has 11 nitrogen and oxygen atoms in total. The summed E-state index contributed by atoms with van der Waals surface area (Å²) in [5, 5.41) is 5.11. The second-order valence-corrected chi connectivity index (χ2v) is 11.7. The van der Waals surface area contributed by atoms with Crippen LogP contribution in [0.2, 0.25) is 0 Å². The van der Waals surface area contributed by atoms with Crippen molar-refractivity contribution >= 4 is 43.3 Å². The highest BCUT2D eigenvalue weighted by molar-refractivity contribution is 7.92. The minimum Gasteiger partial charge on any atom is -0.365 e. The maximum absolute atomic E-state index is 13.6. The van der Waals surface area contributed by atoms with Crippen LogP contribution in [0.3, 0.4) is 0 Å². The highest BCUT2D eigenvalue weighted by Gasteiger charge is 2.45. The molecule has 40 heavy (non-hydrogen) atoms. The van der Waals surface area contributed by atoms with Crippen LogP contribution in [0.4, 0.5) is 49.6 Å². The quantitative estimate of drug-likeness (QED) is 0.235. The number of hydrogen-bond donors (Lipinski definition) is 4. The molecule has 2 heterocycles. The molecule has 0 aliphatic carbocycles. The Bertz CT molecular complexity index is 1570. The number of hydrogen-bond acceptors (Lipinski definition) is 9. The van der Waals surface area contributed by atoms with Gasteiger partial charge in [-0.25, -0.2) is 31.5 Å². The Kier molecular flexibility index (Phi) is 9.10. The van der Waals surface area contributed by atoms with Gasteiger partial charge in [0, 0.05) is 36.7 Å². The molecular formula is C21H21F6N7O4S2. The third kappa shape index (κ3) is 8.15. The standard InChI is InChI=1S/C21H21F6N7O4S2/c1-2-39(35,36)34-17-14(6-4-8-28-17)11-29-18-16(20(22,23)24)12-30-19(33-18)32-15-7-3-5-13(9-15)10-31-40(37,38)21(25,26)27/h3-9,12,31H,2,10-11H2,1H3,(H,28,34)(H2,29,30,32,33). The molecule has 0 atom stereocenters. The second kappa shape index (κ2) is 11.8. The molecule has 0 amide bonds. The third-order valence-corrected chi connectivity index (χ3v) is 7.42. The van der Waals surface area contributed by atoms with Crippen molar-refractivity contribution in [3.63, 3.8) is 0 Å². The number of sulfonamides is 2. The minimum absolute atomic E-state index is 0.0872. The third-order valence-electron chi connectivity index (χ3n) is 5.02. The molecule has 2 aromatic heterocycles. The largest absolute Gasteiger partial charge is 0.511 e. The molecule has 218 valence electrons. The first-order valence-corrected chi connectivity index (χ1v) is 14.2. The van der Waals surface area contributed by atoms with E-state index in [1.54, 1.807) is 0 Å². The van der Waals surface area contributed by atoms with Crippen molar-refractivity contribution in [1.82, 2.24) is 19.7 Å². The Balaban J connectivity index is 1.83. The van der Waals surface area contributed by atoms with Gasteiger partial charge >= 0.3 is 21.7 Å². The lowest BCUT2D eigenvalue weighted by Gasteiger charge is -2.16. The monoisotopic (exact) mass is 613 g/mol. The van der Waals surface area contributed by atoms with E-state index in [4.69, 9.17) is 0 Å². The van der Waals surface area contributed by atoms with Gasteiger partial charge in [-0.05, 0) is 30.7 Å². The Labute approximate surface area is 224 Å². The van der Waals surface area contributed by atoms with Gasteiger partial charge in [0.15, 0.2) is 0 Å². The molecule has 3 aromatic rings. The summed E-state index contributed by atoms with van der Waals surface area (Å²) in [4.78, 5) is 11.4. The highest BCUT2D eigenvalue weighted by Crippen LogP contribution is 2.34. The van der Waals surface area contributed by atoms with Crippen molar-refractivity contribution < 1.29 is 43.2 Å². The summed E-state index contributed by atoms with van der Waals surface area (Å²) in [7, 11) is -9.31. The number of nitrogens with one attached hydrogen (secondary N) is 4. The first-order valence-electron chi connectivity index (χ1n) is 11.0. The van der Waals surface area contributed by atoms with Crippen LogP contribution in [-0.2, 0) is 39.3 Å². The molecule has 0 spiro atoms. The lowest BCUT2D eigenvalue weighted by Crippen LogP contribution is -2.35. The van der Waals surface area contributed by atoms with E-state index in [0.29, 0.717) is 6.20 Å². The minimum atomic E-state index is -5.59. The van der Waals surface area contributed by atoms with Crippen LogP contribution >= 0.6 is 0 Å². The molecule has 0 fully saturated rings. The van der Waals surface area contributed by atoms with Gasteiger partial charge in [0.25, 0.3) is 0 Å². The molecule has 1 aromatic carbocycles. The fraction of sp³-hybridized carbons (Fsp3) is 0.286. The molecule has 0 bridgehead atoms. The van der Waals surface area contributed by atoms with Crippen LogP contribution in [-0.4, -0.2) is 43.0 Å². The first kappa shape index (κ1) is 30.8. The SMILES string of the molecule is CCS(=O)(=O)Nc1ncccc1CNc1nc(Nc2cccc(CNS(=O)(=O)C(F)(F)F)c2)ncc1C(F)(F)F. The summed E-state index contributed by atoms with van der Waals surface area (Å²) < 4.78 is 128. The Morgan fingerprint density at radius 2 is 1.62 bits per heavy atom. The smallest absolute Gasteiger partial charge is 0.365 e. The van der Waals surface area contributed by atoms with E-state index in [9.17, 15) is 43.2 Å². The summed E-state index contributed by atoms with van der Waals surface area (Å²) in [6.07, 6.45) is -3.06. The average molecular weight is 614 g/mol. The molecule has 4 N–H and O–H groups in total. The van der Waals surface area contributed by atoms with Crippen LogP contribution in [0.25, 0.3) is 0 Å². The van der Waals surface area contributed by atoms with Crippen LogP contribution < -0.4 is 20.1 Å². The van der Waals surface area contributed by atoms with E-state index >= 15 is 0 Å². The van der Waals surface area contributed by atoms with Gasteiger partial charge in [0.05, 0.1) is 5.75 Å². The van der Waals surface area contributed by atoms with Crippen LogP contribution in [0.1, 0.15) is 23.6 Å². The van der Waals surface area contributed by atoms with Gasteiger partial charge < -0.3 is 10.6 Å². The van der Waals surface area contributed by atoms with Crippen LogP contribution in [0, 0.1) is 0 Å². The van der Waals surface area contributed by atoms with E-state index in [1.165, 1.54) is 54.2 Å². The number of alkyl halides is 6. The summed E-state index contributed by atoms with van der Waals surface area (Å²) in [5.41, 5.74) is -6.28. The topological polar surface area (TPSA) is 155 Å². The number of aromatic nitrogens is 3. The number of benzene rings is 1. The highest BCUT2D eigenvalue weighted by atomic mass is 32.2. The fourth-order valence-electron chi connectivity index (χ4n) is 3.00. The zero-order valence-electron chi connectivity index (χ0n) is 20.3.